The molecule has 0 unspecified atom stereocenters. The van der Waals surface area contributed by atoms with Crippen molar-refractivity contribution in [3.8, 4) is 5.75 Å². The molecule has 2 aromatic rings. The highest BCUT2D eigenvalue weighted by atomic mass is 32.2. The van der Waals surface area contributed by atoms with Gasteiger partial charge in [-0.25, -0.2) is 17.9 Å². The number of guanidine groups is 1. The van der Waals surface area contributed by atoms with Crippen LogP contribution in [0.2, 0.25) is 0 Å². The predicted octanol–water partition coefficient (Wildman–Crippen LogP) is 4.56. The Kier molecular flexibility index (Phi) is 20.9. The van der Waals surface area contributed by atoms with Gasteiger partial charge in [-0.2, -0.15) is 0 Å². The van der Waals surface area contributed by atoms with Gasteiger partial charge in [0.2, 0.25) is 35.5 Å². The quantitative estimate of drug-likeness (QED) is 0.0783. The average molecular weight is 1020 g/mol. The molecule has 1 fully saturated rings. The number of hydrogen-bond donors (Lipinski definition) is 8. The first-order valence-electron chi connectivity index (χ1n) is 25.2. The molecule has 0 saturated carbocycles. The molecule has 5 atom stereocenters. The minimum Gasteiger partial charge on any atom is -0.487 e. The second kappa shape index (κ2) is 25.6. The number of nitrogens with zero attached hydrogens (tertiary/aromatic N) is 1. The first-order valence-corrected chi connectivity index (χ1v) is 26.7. The van der Waals surface area contributed by atoms with Gasteiger partial charge in [0.05, 0.1) is 4.90 Å². The molecular weight excluding hydrogens is 943 g/mol. The summed E-state index contributed by atoms with van der Waals surface area (Å²) < 4.78 is 41.9. The van der Waals surface area contributed by atoms with Crippen molar-refractivity contribution >= 4 is 51.6 Å². The highest BCUT2D eigenvalue weighted by Gasteiger charge is 2.36. The summed E-state index contributed by atoms with van der Waals surface area (Å²) in [6.07, 6.45) is 2.19. The summed E-state index contributed by atoms with van der Waals surface area (Å²) in [7, 11) is -4.21. The van der Waals surface area contributed by atoms with Crippen molar-refractivity contribution in [1.82, 2.24) is 36.6 Å². The number of alkyl carbamates (subject to hydrolysis) is 1. The maximum Gasteiger partial charge on any atom is 0.408 e. The lowest BCUT2D eigenvalue weighted by Crippen LogP contribution is -2.59. The Bertz CT molecular complexity index is 2400. The number of fused-ring (bicyclic) bond motifs is 1. The summed E-state index contributed by atoms with van der Waals surface area (Å²) in [5, 5.41) is 16.8. The van der Waals surface area contributed by atoms with Crippen molar-refractivity contribution in [2.45, 2.75) is 194 Å². The van der Waals surface area contributed by atoms with Gasteiger partial charge in [-0.15, -0.1) is 0 Å². The van der Waals surface area contributed by atoms with E-state index in [1.165, 1.54) is 0 Å². The van der Waals surface area contributed by atoms with Crippen LogP contribution in [-0.2, 0) is 51.6 Å². The van der Waals surface area contributed by atoms with Gasteiger partial charge in [-0.05, 0) is 147 Å². The third kappa shape index (κ3) is 17.7. The van der Waals surface area contributed by atoms with Gasteiger partial charge in [0, 0.05) is 25.1 Å². The van der Waals surface area contributed by atoms with E-state index in [9.17, 15) is 37.2 Å². The van der Waals surface area contributed by atoms with Crippen LogP contribution in [0.25, 0.3) is 0 Å². The molecule has 9 N–H and O–H groups in total. The minimum absolute atomic E-state index is 0.0193. The van der Waals surface area contributed by atoms with Gasteiger partial charge in [-0.1, -0.05) is 58.0 Å². The van der Waals surface area contributed by atoms with Crippen LogP contribution >= 0.6 is 0 Å². The number of rotatable bonds is 13. The fourth-order valence-corrected chi connectivity index (χ4v) is 10.3. The van der Waals surface area contributed by atoms with Gasteiger partial charge in [-0.3, -0.25) is 29.0 Å². The zero-order chi connectivity index (χ0) is 53.7. The average Bonchev–Trinajstić information content (AvgIpc) is 3.26. The lowest BCUT2D eigenvalue weighted by molar-refractivity contribution is -0.135. The largest absolute Gasteiger partial charge is 0.487 e. The summed E-state index contributed by atoms with van der Waals surface area (Å²) in [5.74, 6) is -3.05. The lowest BCUT2D eigenvalue weighted by atomic mass is 9.88. The second-order valence-corrected chi connectivity index (χ2v) is 23.2. The number of nitrogens with one attached hydrogen (secondary N) is 7. The maximum absolute atomic E-state index is 14.3. The molecule has 0 bridgehead atoms. The van der Waals surface area contributed by atoms with Crippen LogP contribution in [0, 0.1) is 32.6 Å². The molecule has 2 aromatic carbocycles. The number of hydrogen-bond acceptors (Lipinski definition) is 11. The summed E-state index contributed by atoms with van der Waals surface area (Å²) in [6.45, 7) is 22.0. The zero-order valence-electron chi connectivity index (χ0n) is 44.4. The Morgan fingerprint density at radius 3 is 1.97 bits per heavy atom. The molecule has 72 heavy (non-hydrogen) atoms. The van der Waals surface area contributed by atoms with E-state index in [2.05, 4.69) is 41.6 Å². The van der Waals surface area contributed by atoms with Crippen molar-refractivity contribution in [2.24, 2.45) is 22.6 Å². The maximum atomic E-state index is 14.3. The first-order chi connectivity index (χ1) is 33.6. The van der Waals surface area contributed by atoms with Crippen LogP contribution in [0.1, 0.15) is 141 Å². The van der Waals surface area contributed by atoms with Crippen molar-refractivity contribution in [1.29, 1.82) is 0 Å². The number of aliphatic imine (C=N–C) groups is 1. The van der Waals surface area contributed by atoms with Gasteiger partial charge in [0.1, 0.15) is 47.2 Å². The Morgan fingerprint density at radius 2 is 1.39 bits per heavy atom. The van der Waals surface area contributed by atoms with Crippen molar-refractivity contribution < 1.29 is 46.7 Å². The zero-order valence-corrected chi connectivity index (χ0v) is 45.2. The molecule has 20 heteroatoms. The molecular formula is C52H81N9O10S. The summed E-state index contributed by atoms with van der Waals surface area (Å²) in [6, 6.07) is 3.37. The lowest BCUT2D eigenvalue weighted by Gasteiger charge is -2.35. The van der Waals surface area contributed by atoms with Crippen molar-refractivity contribution in [3.63, 3.8) is 0 Å². The molecule has 0 aliphatic carbocycles. The van der Waals surface area contributed by atoms with E-state index in [-0.39, 0.29) is 74.3 Å². The number of amides is 6. The van der Waals surface area contributed by atoms with Crippen LogP contribution in [0.4, 0.5) is 4.79 Å². The molecule has 2 aliphatic heterocycles. The summed E-state index contributed by atoms with van der Waals surface area (Å²) in [4.78, 5) is 88.1. The topological polar surface area (TPSA) is 278 Å². The molecule has 0 radical (unpaired) electrons. The third-order valence-corrected chi connectivity index (χ3v) is 14.2. The molecule has 2 aliphatic rings. The van der Waals surface area contributed by atoms with Crippen LogP contribution in [0.3, 0.4) is 0 Å². The van der Waals surface area contributed by atoms with Crippen molar-refractivity contribution in [2.75, 3.05) is 13.1 Å². The van der Waals surface area contributed by atoms with Crippen LogP contribution in [0.5, 0.6) is 5.75 Å². The molecule has 2 heterocycles. The Morgan fingerprint density at radius 1 is 0.819 bits per heavy atom. The number of nitrogens with two attached hydrogens (primary N) is 1. The first kappa shape index (κ1) is 58.6. The van der Waals surface area contributed by atoms with E-state index in [4.69, 9.17) is 15.2 Å². The van der Waals surface area contributed by atoms with Gasteiger partial charge < -0.3 is 47.1 Å². The molecule has 1 saturated heterocycles. The van der Waals surface area contributed by atoms with E-state index >= 15 is 0 Å². The Labute approximate surface area is 426 Å². The summed E-state index contributed by atoms with van der Waals surface area (Å²) >= 11 is 0. The number of carbonyl (C=O) groups excluding carboxylic acids is 6. The van der Waals surface area contributed by atoms with Gasteiger partial charge in [0.15, 0.2) is 0 Å². The molecule has 6 amide bonds. The predicted molar refractivity (Wildman–Crippen MR) is 277 cm³/mol. The van der Waals surface area contributed by atoms with E-state index < -0.39 is 87.1 Å². The SMILES string of the molecule is Cc1c(C)c(S(=O)(=O)NC(N)=NCCC[C@@H]2NC(=O)[C@H](CC(C)C)NC(=O)[C@H](CC(C)C)NC(=O)[C@H](Cc3ccccc3)NC(=O)[C@@H](NC(=O)OC(C)(C)C)CCCCNC2=O)c(C)c2c1CCC(C)(C)O2. The molecule has 0 aromatic heterocycles. The van der Waals surface area contributed by atoms with E-state index in [0.29, 0.717) is 29.7 Å². The van der Waals surface area contributed by atoms with Gasteiger partial charge >= 0.3 is 6.09 Å². The van der Waals surface area contributed by atoms with E-state index in [0.717, 1.165) is 29.5 Å². The van der Waals surface area contributed by atoms with Gasteiger partial charge in [0.25, 0.3) is 10.0 Å². The number of carbonyl (C=O) groups is 6. The van der Waals surface area contributed by atoms with Crippen LogP contribution < -0.4 is 47.1 Å². The Balaban J connectivity index is 1.61. The fourth-order valence-electron chi connectivity index (χ4n) is 8.84. The molecule has 400 valence electrons. The number of benzene rings is 2. The minimum atomic E-state index is -4.21. The highest BCUT2D eigenvalue weighted by Crippen LogP contribution is 2.42. The normalized spacial score (nSPS) is 22.1. The monoisotopic (exact) mass is 1020 g/mol. The number of sulfonamides is 1. The van der Waals surface area contributed by atoms with Crippen molar-refractivity contribution in [3.05, 3.63) is 58.1 Å². The van der Waals surface area contributed by atoms with Crippen LogP contribution in [-0.4, -0.2) is 105 Å². The molecule has 19 nitrogen and oxygen atoms in total. The summed E-state index contributed by atoms with van der Waals surface area (Å²) in [5.41, 5.74) is 8.45. The molecule has 0 spiro atoms. The standard InChI is InChI=1S/C52H81N9O10S/c1-30(2)27-39-46(64)56-37(22-18-26-55-49(53)61-72(68,69)43-33(6)32(5)36-23-24-52(11,12)70-42(36)34(43)7)44(62)54-25-17-16-21-38(60-50(67)71-51(8,9)10)45(63)59-41(29-35-19-14-13-15-20-35)48(66)58-40(28-31(3)4)47(65)57-39/h13-15,19-20,30-31,37-41H,16-18,21-29H2,1-12H3,(H,54,62)(H,56,64)(H,57,65)(H,58,66)(H,59,63)(H,60,67)(H3,53,55,61)/t37-,38-,39-,40-,41-/m0/s1. The molecule has 4 rings (SSSR count). The second-order valence-electron chi connectivity index (χ2n) is 21.6. The third-order valence-electron chi connectivity index (χ3n) is 12.6. The number of ether oxygens (including phenoxy) is 2. The van der Waals surface area contributed by atoms with E-state index in [1.807, 2.05) is 66.7 Å². The Hall–Kier alpha value is -5.92. The van der Waals surface area contributed by atoms with E-state index in [1.54, 1.807) is 46.8 Å². The fraction of sp³-hybridized carbons (Fsp3) is 0.635. The highest BCUT2D eigenvalue weighted by molar-refractivity contribution is 7.90. The van der Waals surface area contributed by atoms with Crippen LogP contribution in [0.15, 0.2) is 40.2 Å². The smallest absolute Gasteiger partial charge is 0.408 e.